The van der Waals surface area contributed by atoms with E-state index in [0.29, 0.717) is 0 Å². The van der Waals surface area contributed by atoms with Gasteiger partial charge in [0.2, 0.25) is 0 Å². The van der Waals surface area contributed by atoms with Gasteiger partial charge in [0.05, 0.1) is 18.6 Å². The van der Waals surface area contributed by atoms with Crippen molar-refractivity contribution in [1.29, 1.82) is 0 Å². The summed E-state index contributed by atoms with van der Waals surface area (Å²) in [6, 6.07) is 7.99. The lowest BCUT2D eigenvalue weighted by Crippen LogP contribution is -2.09. The monoisotopic (exact) mass is 343 g/mol. The molecule has 24 heavy (non-hydrogen) atoms. The Balaban J connectivity index is 1.52. The van der Waals surface area contributed by atoms with Gasteiger partial charge in [0.15, 0.2) is 0 Å². The highest BCUT2D eigenvalue weighted by atomic mass is 35.5. The minimum Gasteiger partial charge on any atom is -0.385 e. The molecule has 0 unspecified atom stereocenters. The van der Waals surface area contributed by atoms with Crippen LogP contribution in [0.25, 0.3) is 0 Å². The van der Waals surface area contributed by atoms with Crippen LogP contribution in [0.3, 0.4) is 0 Å². The van der Waals surface area contributed by atoms with Gasteiger partial charge in [0, 0.05) is 17.3 Å². The Morgan fingerprint density at radius 3 is 2.71 bits per heavy atom. The van der Waals surface area contributed by atoms with Crippen LogP contribution in [0.15, 0.2) is 42.9 Å². The molecule has 1 N–H and O–H groups in total. The first-order valence-corrected chi connectivity index (χ1v) is 9.25. The van der Waals surface area contributed by atoms with Crippen molar-refractivity contribution in [1.82, 2.24) is 14.9 Å². The third-order valence-corrected chi connectivity index (χ3v) is 5.13. The zero-order chi connectivity index (χ0) is 16.8. The summed E-state index contributed by atoms with van der Waals surface area (Å²) in [5.74, 6) is 0.759. The molecule has 1 fully saturated rings. The van der Waals surface area contributed by atoms with E-state index in [1.807, 2.05) is 18.5 Å². The van der Waals surface area contributed by atoms with Gasteiger partial charge in [-0.3, -0.25) is 0 Å². The second-order valence-electron chi connectivity index (χ2n) is 6.67. The fraction of sp³-hybridized carbons (Fsp3) is 0.450. The van der Waals surface area contributed by atoms with E-state index >= 15 is 0 Å². The van der Waals surface area contributed by atoms with Crippen molar-refractivity contribution in [2.45, 2.75) is 52.1 Å². The number of hydrogen-bond donors (Lipinski definition) is 1. The molecule has 4 heteroatoms. The maximum absolute atomic E-state index is 5.94. The molecule has 0 aliphatic heterocycles. The summed E-state index contributed by atoms with van der Waals surface area (Å²) in [6.07, 6.45) is 13.2. The topological polar surface area (TPSA) is 29.9 Å². The summed E-state index contributed by atoms with van der Waals surface area (Å²) in [5, 5.41) is 4.17. The molecule has 0 saturated heterocycles. The zero-order valence-electron chi connectivity index (χ0n) is 14.3. The molecular weight excluding hydrogens is 318 g/mol. The quantitative estimate of drug-likeness (QED) is 0.792. The first-order chi connectivity index (χ1) is 11.7. The van der Waals surface area contributed by atoms with Crippen LogP contribution >= 0.6 is 11.6 Å². The van der Waals surface area contributed by atoms with E-state index < -0.39 is 0 Å². The zero-order valence-corrected chi connectivity index (χ0v) is 15.1. The van der Waals surface area contributed by atoms with Crippen molar-refractivity contribution in [3.8, 4) is 0 Å². The Bertz CT molecular complexity index is 667. The van der Waals surface area contributed by atoms with Gasteiger partial charge < -0.3 is 9.88 Å². The molecule has 2 aromatic rings. The van der Waals surface area contributed by atoms with Crippen LogP contribution in [0.4, 0.5) is 0 Å². The average Bonchev–Trinajstić information content (AvgIpc) is 2.95. The standard InChI is InChI=1S/C20H26ClN3/c1-16-20(13-22-12-11-17-5-3-2-4-6-17)23-15-24(16)14-18-7-9-19(21)10-8-18/h7-12,15,17,22H,2-6,13-14H2,1H3. The number of halogens is 1. The fourth-order valence-electron chi connectivity index (χ4n) is 3.29. The molecule has 1 aliphatic rings. The predicted octanol–water partition coefficient (Wildman–Crippen LogP) is 5.08. The number of rotatable bonds is 6. The third kappa shape index (κ3) is 4.64. The lowest BCUT2D eigenvalue weighted by Gasteiger charge is -2.17. The van der Waals surface area contributed by atoms with Crippen molar-refractivity contribution in [3.63, 3.8) is 0 Å². The van der Waals surface area contributed by atoms with Crippen LogP contribution in [0.1, 0.15) is 49.1 Å². The molecule has 1 saturated carbocycles. The van der Waals surface area contributed by atoms with Crippen molar-refractivity contribution in [2.75, 3.05) is 0 Å². The van der Waals surface area contributed by atoms with Crippen LogP contribution in [0, 0.1) is 12.8 Å². The van der Waals surface area contributed by atoms with Crippen LogP contribution < -0.4 is 5.32 Å². The first kappa shape index (κ1) is 17.1. The van der Waals surface area contributed by atoms with Crippen LogP contribution in [-0.4, -0.2) is 9.55 Å². The minimum atomic E-state index is 0.759. The van der Waals surface area contributed by atoms with Gasteiger partial charge in [-0.15, -0.1) is 0 Å². The van der Waals surface area contributed by atoms with Crippen LogP contribution in [-0.2, 0) is 13.1 Å². The van der Waals surface area contributed by atoms with Gasteiger partial charge in [-0.1, -0.05) is 49.1 Å². The lowest BCUT2D eigenvalue weighted by atomic mass is 9.89. The van der Waals surface area contributed by atoms with Crippen molar-refractivity contribution in [2.24, 2.45) is 5.92 Å². The molecule has 1 aromatic heterocycles. The second kappa shape index (κ2) is 8.39. The van der Waals surface area contributed by atoms with E-state index in [-0.39, 0.29) is 0 Å². The molecule has 0 radical (unpaired) electrons. The summed E-state index contributed by atoms with van der Waals surface area (Å²) in [6.45, 7) is 3.74. The van der Waals surface area contributed by atoms with Crippen molar-refractivity contribution >= 4 is 11.6 Å². The number of nitrogens with zero attached hydrogens (tertiary/aromatic N) is 2. The van der Waals surface area contributed by atoms with E-state index in [0.717, 1.165) is 29.7 Å². The van der Waals surface area contributed by atoms with Gasteiger partial charge in [-0.2, -0.15) is 0 Å². The fourth-order valence-corrected chi connectivity index (χ4v) is 3.42. The third-order valence-electron chi connectivity index (χ3n) is 4.87. The number of nitrogens with one attached hydrogen (secondary N) is 1. The van der Waals surface area contributed by atoms with E-state index in [9.17, 15) is 0 Å². The van der Waals surface area contributed by atoms with Gasteiger partial charge >= 0.3 is 0 Å². The Kier molecular flexibility index (Phi) is 5.97. The summed E-state index contributed by atoms with van der Waals surface area (Å²) in [7, 11) is 0. The van der Waals surface area contributed by atoms with Gasteiger partial charge in [-0.25, -0.2) is 4.98 Å². The lowest BCUT2D eigenvalue weighted by molar-refractivity contribution is 0.418. The largest absolute Gasteiger partial charge is 0.385 e. The van der Waals surface area contributed by atoms with Gasteiger partial charge in [0.1, 0.15) is 0 Å². The summed E-state index contributed by atoms with van der Waals surface area (Å²) in [4.78, 5) is 4.55. The molecule has 3 nitrogen and oxygen atoms in total. The normalized spacial score (nSPS) is 15.9. The molecule has 0 spiro atoms. The summed E-state index contributed by atoms with van der Waals surface area (Å²) in [5.41, 5.74) is 3.55. The highest BCUT2D eigenvalue weighted by Gasteiger charge is 2.10. The van der Waals surface area contributed by atoms with Crippen LogP contribution in [0.5, 0.6) is 0 Å². The molecule has 128 valence electrons. The molecule has 1 heterocycles. The number of aromatic nitrogens is 2. The molecule has 1 aromatic carbocycles. The molecular formula is C20H26ClN3. The summed E-state index contributed by atoms with van der Waals surface area (Å²) >= 11 is 5.94. The highest BCUT2D eigenvalue weighted by Crippen LogP contribution is 2.24. The first-order valence-electron chi connectivity index (χ1n) is 8.87. The van der Waals surface area contributed by atoms with Gasteiger partial charge in [0.25, 0.3) is 0 Å². The van der Waals surface area contributed by atoms with Crippen molar-refractivity contribution in [3.05, 3.63) is 64.8 Å². The number of benzene rings is 1. The van der Waals surface area contributed by atoms with Crippen LogP contribution in [0.2, 0.25) is 5.02 Å². The Labute approximate surface area is 149 Å². The number of hydrogen-bond acceptors (Lipinski definition) is 2. The second-order valence-corrected chi connectivity index (χ2v) is 7.11. The molecule has 0 atom stereocenters. The average molecular weight is 344 g/mol. The Morgan fingerprint density at radius 1 is 1.21 bits per heavy atom. The predicted molar refractivity (Wildman–Crippen MR) is 100 cm³/mol. The van der Waals surface area contributed by atoms with E-state index in [1.165, 1.54) is 43.4 Å². The smallest absolute Gasteiger partial charge is 0.0955 e. The maximum atomic E-state index is 5.94. The Hall–Kier alpha value is -1.74. The maximum Gasteiger partial charge on any atom is 0.0955 e. The van der Waals surface area contributed by atoms with E-state index in [1.54, 1.807) is 0 Å². The molecule has 0 bridgehead atoms. The SMILES string of the molecule is Cc1c(CNC=CC2CCCCC2)ncn1Cc1ccc(Cl)cc1. The number of allylic oxidation sites excluding steroid dienone is 1. The number of imidazole rings is 1. The van der Waals surface area contributed by atoms with Crippen molar-refractivity contribution < 1.29 is 0 Å². The Morgan fingerprint density at radius 2 is 1.96 bits per heavy atom. The van der Waals surface area contributed by atoms with Gasteiger partial charge in [-0.05, 0) is 49.6 Å². The molecule has 0 amide bonds. The molecule has 3 rings (SSSR count). The summed E-state index contributed by atoms with van der Waals surface area (Å²) < 4.78 is 2.19. The molecule has 1 aliphatic carbocycles. The van der Waals surface area contributed by atoms with E-state index in [4.69, 9.17) is 11.6 Å². The highest BCUT2D eigenvalue weighted by molar-refractivity contribution is 6.30. The van der Waals surface area contributed by atoms with E-state index in [2.05, 4.69) is 46.2 Å². The minimum absolute atomic E-state index is 0.759.